The van der Waals surface area contributed by atoms with E-state index in [9.17, 15) is 9.59 Å². The van der Waals surface area contributed by atoms with Crippen LogP contribution in [0, 0.1) is 0 Å². The monoisotopic (exact) mass is 355 g/mol. The predicted molar refractivity (Wildman–Crippen MR) is 88.1 cm³/mol. The Bertz CT molecular complexity index is 948. The Morgan fingerprint density at radius 2 is 1.85 bits per heavy atom. The molecule has 0 saturated carbocycles. The standard InChI is InChI=1S/C15H15N8O3/c1-20-11-12(21(2)15(25)22(3)13(11)24)17-14(20)26-10-6-4-9(5-7-10)23-8-16-18-19-23/h4-8,11H,1-3H3/q+1. The van der Waals surface area contributed by atoms with E-state index in [1.54, 1.807) is 42.9 Å². The highest BCUT2D eigenvalue weighted by atomic mass is 16.5. The topological polar surface area (TPSA) is 109 Å². The number of ether oxygens (including phenoxy) is 1. The van der Waals surface area contributed by atoms with E-state index in [1.165, 1.54) is 23.0 Å². The second-order valence-electron chi connectivity index (χ2n) is 5.86. The number of urea groups is 1. The van der Waals surface area contributed by atoms with Crippen molar-refractivity contribution >= 4 is 23.8 Å². The molecule has 1 atom stereocenters. The van der Waals surface area contributed by atoms with E-state index < -0.39 is 12.1 Å². The number of aromatic nitrogens is 4. The molecule has 1 aromatic carbocycles. The Morgan fingerprint density at radius 1 is 1.12 bits per heavy atom. The Morgan fingerprint density at radius 3 is 2.50 bits per heavy atom. The van der Waals surface area contributed by atoms with Crippen LogP contribution in [0.4, 0.5) is 4.79 Å². The van der Waals surface area contributed by atoms with Gasteiger partial charge in [0.15, 0.2) is 0 Å². The van der Waals surface area contributed by atoms with Gasteiger partial charge in [-0.2, -0.15) is 0 Å². The zero-order valence-electron chi connectivity index (χ0n) is 14.3. The zero-order valence-corrected chi connectivity index (χ0v) is 14.3. The maximum Gasteiger partial charge on any atom is 0.502 e. The molecule has 1 unspecified atom stereocenters. The molecule has 132 valence electrons. The number of hydrogen-bond acceptors (Lipinski definition) is 7. The Balaban J connectivity index is 1.60. The minimum Gasteiger partial charge on any atom is -0.389 e. The average Bonchev–Trinajstić information content (AvgIpc) is 3.28. The van der Waals surface area contributed by atoms with E-state index in [0.29, 0.717) is 11.6 Å². The smallest absolute Gasteiger partial charge is 0.389 e. The Labute approximate surface area is 147 Å². The first-order chi connectivity index (χ1) is 12.5. The highest BCUT2D eigenvalue weighted by Crippen LogP contribution is 2.20. The molecule has 11 nitrogen and oxygen atoms in total. The first-order valence-corrected chi connectivity index (χ1v) is 7.72. The van der Waals surface area contributed by atoms with Crippen molar-refractivity contribution in [3.8, 4) is 11.4 Å². The van der Waals surface area contributed by atoms with E-state index in [0.717, 1.165) is 10.6 Å². The van der Waals surface area contributed by atoms with Crippen LogP contribution in [0.25, 0.3) is 5.69 Å². The molecule has 0 spiro atoms. The third-order valence-electron chi connectivity index (χ3n) is 4.29. The third kappa shape index (κ3) is 2.32. The number of amidine groups is 2. The fraction of sp³-hybridized carbons (Fsp3) is 0.267. The summed E-state index contributed by atoms with van der Waals surface area (Å²) in [6.07, 6.45) is 1.49. The highest BCUT2D eigenvalue weighted by Gasteiger charge is 2.52. The number of tetrazole rings is 1. The quantitative estimate of drug-likeness (QED) is 0.662. The van der Waals surface area contributed by atoms with Gasteiger partial charge in [-0.25, -0.2) is 14.1 Å². The second-order valence-corrected chi connectivity index (χ2v) is 5.86. The molecule has 3 heterocycles. The van der Waals surface area contributed by atoms with Crippen molar-refractivity contribution in [3.63, 3.8) is 0 Å². The molecule has 0 N–H and O–H groups in total. The largest absolute Gasteiger partial charge is 0.502 e. The fourth-order valence-electron chi connectivity index (χ4n) is 2.80. The predicted octanol–water partition coefficient (Wildman–Crippen LogP) is -0.656. The summed E-state index contributed by atoms with van der Waals surface area (Å²) in [7, 11) is 4.72. The van der Waals surface area contributed by atoms with Crippen molar-refractivity contribution in [3.05, 3.63) is 30.6 Å². The molecule has 26 heavy (non-hydrogen) atoms. The SMILES string of the molecule is CN1C(=O)C2C(=NC(Oc3ccc(-n4cnnn4)cc3)=[N+]2C)N(C)C1=O. The summed E-state index contributed by atoms with van der Waals surface area (Å²) in [5.74, 6) is 0.532. The van der Waals surface area contributed by atoms with E-state index in [4.69, 9.17) is 4.74 Å². The fourth-order valence-corrected chi connectivity index (χ4v) is 2.80. The molecule has 3 amide bonds. The summed E-state index contributed by atoms with van der Waals surface area (Å²) in [5, 5.41) is 11.0. The van der Waals surface area contributed by atoms with Crippen LogP contribution in [-0.2, 0) is 4.79 Å². The highest BCUT2D eigenvalue weighted by molar-refractivity contribution is 6.22. The number of carbonyl (C=O) groups excluding carboxylic acids is 2. The van der Waals surface area contributed by atoms with Crippen LogP contribution in [0.1, 0.15) is 0 Å². The van der Waals surface area contributed by atoms with Gasteiger partial charge in [0.2, 0.25) is 0 Å². The van der Waals surface area contributed by atoms with Gasteiger partial charge in [-0.15, -0.1) is 5.10 Å². The van der Waals surface area contributed by atoms with Crippen LogP contribution in [-0.4, -0.2) is 85.6 Å². The second kappa shape index (κ2) is 5.72. The molecule has 11 heteroatoms. The van der Waals surface area contributed by atoms with E-state index in [-0.39, 0.29) is 11.9 Å². The molecular weight excluding hydrogens is 340 g/mol. The third-order valence-corrected chi connectivity index (χ3v) is 4.29. The number of hydrogen-bond donors (Lipinski definition) is 0. The van der Waals surface area contributed by atoms with Crippen molar-refractivity contribution in [1.29, 1.82) is 0 Å². The lowest BCUT2D eigenvalue weighted by atomic mass is 10.2. The van der Waals surface area contributed by atoms with Crippen LogP contribution < -0.4 is 4.74 Å². The molecule has 2 aliphatic heterocycles. The number of benzene rings is 1. The summed E-state index contributed by atoms with van der Waals surface area (Å²) in [6.45, 7) is 0. The number of fused-ring (bicyclic) bond motifs is 1. The van der Waals surface area contributed by atoms with E-state index >= 15 is 0 Å². The van der Waals surface area contributed by atoms with E-state index in [1.807, 2.05) is 0 Å². The van der Waals surface area contributed by atoms with Crippen molar-refractivity contribution in [2.75, 3.05) is 21.1 Å². The normalized spacial score (nSPS) is 19.8. The Kier molecular flexibility index (Phi) is 3.49. The van der Waals surface area contributed by atoms with E-state index in [2.05, 4.69) is 20.5 Å². The van der Waals surface area contributed by atoms with Crippen LogP contribution in [0.15, 0.2) is 35.6 Å². The lowest BCUT2D eigenvalue weighted by Gasteiger charge is -2.29. The van der Waals surface area contributed by atoms with Gasteiger partial charge < -0.3 is 4.74 Å². The summed E-state index contributed by atoms with van der Waals surface area (Å²) >= 11 is 0. The molecule has 1 fully saturated rings. The average molecular weight is 355 g/mol. The van der Waals surface area contributed by atoms with Crippen LogP contribution in [0.2, 0.25) is 0 Å². The lowest BCUT2D eigenvalue weighted by Crippen LogP contribution is -2.61. The molecule has 1 aromatic heterocycles. The number of rotatable bonds is 2. The summed E-state index contributed by atoms with van der Waals surface area (Å²) in [6, 6.07) is 6.18. The number of imide groups is 1. The van der Waals surface area contributed by atoms with Crippen LogP contribution in [0.5, 0.6) is 5.75 Å². The maximum absolute atomic E-state index is 12.4. The van der Waals surface area contributed by atoms with Crippen molar-refractivity contribution in [2.45, 2.75) is 6.04 Å². The van der Waals surface area contributed by atoms with Gasteiger partial charge in [0, 0.05) is 19.1 Å². The van der Waals surface area contributed by atoms with Gasteiger partial charge in [0.05, 0.1) is 12.7 Å². The van der Waals surface area contributed by atoms with Gasteiger partial charge >= 0.3 is 12.1 Å². The molecule has 2 aliphatic rings. The van der Waals surface area contributed by atoms with Crippen LogP contribution >= 0.6 is 0 Å². The Hall–Kier alpha value is -3.63. The minimum absolute atomic E-state index is 0.239. The first kappa shape index (κ1) is 15.9. The molecule has 4 rings (SSSR count). The number of amides is 3. The van der Waals surface area contributed by atoms with Gasteiger partial charge in [0.25, 0.3) is 17.8 Å². The van der Waals surface area contributed by atoms with Gasteiger partial charge in [-0.05, 0) is 34.7 Å². The molecule has 0 radical (unpaired) electrons. The molecule has 2 aromatic rings. The zero-order chi connectivity index (χ0) is 18.4. The number of carbonyl (C=O) groups is 2. The van der Waals surface area contributed by atoms with Crippen molar-refractivity contribution in [1.82, 2.24) is 30.0 Å². The van der Waals surface area contributed by atoms with Crippen LogP contribution in [0.3, 0.4) is 0 Å². The summed E-state index contributed by atoms with van der Waals surface area (Å²) in [5.41, 5.74) is 0.772. The molecule has 1 saturated heterocycles. The van der Waals surface area contributed by atoms with Gasteiger partial charge in [-0.3, -0.25) is 14.6 Å². The minimum atomic E-state index is -0.682. The first-order valence-electron chi connectivity index (χ1n) is 7.72. The lowest BCUT2D eigenvalue weighted by molar-refractivity contribution is -0.511. The molecular formula is C15H15N8O3+. The number of nitrogens with zero attached hydrogens (tertiary/aromatic N) is 8. The molecule has 0 bridgehead atoms. The summed E-state index contributed by atoms with van der Waals surface area (Å²) < 4.78 is 8.92. The van der Waals surface area contributed by atoms with Crippen molar-refractivity contribution in [2.24, 2.45) is 4.99 Å². The summed E-state index contributed by atoms with van der Waals surface area (Å²) in [4.78, 5) is 31.2. The van der Waals surface area contributed by atoms with Gasteiger partial charge in [0.1, 0.15) is 12.1 Å². The van der Waals surface area contributed by atoms with Crippen molar-refractivity contribution < 1.29 is 18.9 Å². The number of likely N-dealkylation sites (N-methyl/N-ethyl adjacent to an activating group) is 3. The number of aliphatic imine (C=N–C) groups is 1. The molecule has 0 aliphatic carbocycles. The maximum atomic E-state index is 12.4. The van der Waals surface area contributed by atoms with Gasteiger partial charge in [-0.1, -0.05) is 0 Å².